The first-order chi connectivity index (χ1) is 13.1. The van der Waals surface area contributed by atoms with Gasteiger partial charge in [-0.1, -0.05) is 92.7 Å². The number of carbonyl (C=O) groups is 1. The van der Waals surface area contributed by atoms with Crippen LogP contribution in [0.15, 0.2) is 78.9 Å². The Kier molecular flexibility index (Phi) is 4.81. The maximum atomic E-state index is 12.5. The molecule has 4 rings (SSSR count). The van der Waals surface area contributed by atoms with Gasteiger partial charge in [0.15, 0.2) is 0 Å². The van der Waals surface area contributed by atoms with Crippen LogP contribution in [-0.4, -0.2) is 12.1 Å². The summed E-state index contributed by atoms with van der Waals surface area (Å²) in [6, 6.07) is 27.2. The summed E-state index contributed by atoms with van der Waals surface area (Å²) >= 11 is 0. The molecule has 136 valence electrons. The summed E-state index contributed by atoms with van der Waals surface area (Å²) in [5.74, 6) is -0.228. The lowest BCUT2D eigenvalue weighted by Gasteiger charge is -2.27. The smallest absolute Gasteiger partial charge is 0.308 e. The Morgan fingerprint density at radius 1 is 0.815 bits per heavy atom. The predicted molar refractivity (Wildman–Crippen MR) is 109 cm³/mol. The summed E-state index contributed by atoms with van der Waals surface area (Å²) in [6.07, 6.45) is 0.471. The molecule has 0 fully saturated rings. The van der Waals surface area contributed by atoms with Gasteiger partial charge in [-0.3, -0.25) is 4.79 Å². The average Bonchev–Trinajstić information content (AvgIpc) is 3.03. The maximum Gasteiger partial charge on any atom is 0.308 e. The topological polar surface area (TPSA) is 26.3 Å². The second kappa shape index (κ2) is 7.40. The minimum atomic E-state index is -0.230. The second-order valence-electron chi connectivity index (χ2n) is 7.47. The van der Waals surface area contributed by atoms with E-state index in [4.69, 9.17) is 4.74 Å². The molecule has 1 unspecified atom stereocenters. The number of fused-ring (bicyclic) bond motifs is 3. The number of rotatable bonds is 5. The highest BCUT2D eigenvalue weighted by Crippen LogP contribution is 2.47. The predicted octanol–water partition coefficient (Wildman–Crippen LogP) is 5.61. The summed E-state index contributed by atoms with van der Waals surface area (Å²) in [5.41, 5.74) is 6.17. The van der Waals surface area contributed by atoms with Crippen LogP contribution in [0.4, 0.5) is 0 Å². The molecule has 2 nitrogen and oxygen atoms in total. The average molecular weight is 356 g/mol. The molecule has 1 aliphatic rings. The molecule has 3 aromatic carbocycles. The number of carbonyl (C=O) groups excluding carboxylic acids is 1. The number of benzene rings is 3. The molecule has 0 saturated heterocycles. The van der Waals surface area contributed by atoms with Crippen LogP contribution in [0.3, 0.4) is 0 Å². The van der Waals surface area contributed by atoms with E-state index in [1.165, 1.54) is 27.8 Å². The van der Waals surface area contributed by atoms with Crippen LogP contribution >= 0.6 is 0 Å². The van der Waals surface area contributed by atoms with Gasteiger partial charge in [-0.05, 0) is 27.8 Å². The molecule has 3 aromatic rings. The van der Waals surface area contributed by atoms with Crippen LogP contribution in [-0.2, 0) is 16.0 Å². The van der Waals surface area contributed by atoms with E-state index in [2.05, 4.69) is 60.7 Å². The van der Waals surface area contributed by atoms with E-state index in [1.54, 1.807) is 0 Å². The Hall–Kier alpha value is -2.87. The van der Waals surface area contributed by atoms with Crippen molar-refractivity contribution in [2.45, 2.75) is 32.3 Å². The van der Waals surface area contributed by atoms with Crippen LogP contribution in [0.25, 0.3) is 11.1 Å². The summed E-state index contributed by atoms with van der Waals surface area (Å²) in [7, 11) is 0. The maximum absolute atomic E-state index is 12.5. The van der Waals surface area contributed by atoms with E-state index in [9.17, 15) is 4.79 Å². The van der Waals surface area contributed by atoms with Gasteiger partial charge in [-0.25, -0.2) is 0 Å². The fourth-order valence-corrected chi connectivity index (χ4v) is 3.95. The molecule has 0 bridgehead atoms. The fourth-order valence-electron chi connectivity index (χ4n) is 3.95. The van der Waals surface area contributed by atoms with Gasteiger partial charge in [0.25, 0.3) is 0 Å². The van der Waals surface area contributed by atoms with Gasteiger partial charge in [-0.2, -0.15) is 0 Å². The molecular formula is C25H24O2. The largest absolute Gasteiger partial charge is 0.461 e. The molecule has 0 aliphatic heterocycles. The van der Waals surface area contributed by atoms with E-state index in [0.717, 1.165) is 0 Å². The molecule has 0 aromatic heterocycles. The van der Waals surface area contributed by atoms with Crippen molar-refractivity contribution in [3.8, 4) is 11.1 Å². The third-order valence-corrected chi connectivity index (χ3v) is 5.27. The molecule has 0 radical (unpaired) electrons. The van der Waals surface area contributed by atoms with Crippen LogP contribution in [0.1, 0.15) is 36.5 Å². The van der Waals surface area contributed by atoms with Crippen molar-refractivity contribution in [2.75, 3.05) is 0 Å². The Morgan fingerprint density at radius 3 is 1.89 bits per heavy atom. The highest BCUT2D eigenvalue weighted by atomic mass is 16.5. The quantitative estimate of drug-likeness (QED) is 0.556. The van der Waals surface area contributed by atoms with Crippen molar-refractivity contribution in [2.24, 2.45) is 5.92 Å². The standard InChI is InChI=1S/C25H24O2/c1-17(2)25(26)27-23(16-18-10-4-3-5-11-18)24-21-14-8-6-12-19(21)20-13-7-9-15-22(20)24/h3-15,17,23-24H,16H2,1-2H3. The summed E-state index contributed by atoms with van der Waals surface area (Å²) in [4.78, 5) is 12.5. The minimum Gasteiger partial charge on any atom is -0.461 e. The number of ether oxygens (including phenoxy) is 1. The first kappa shape index (κ1) is 17.5. The Balaban J connectivity index is 1.78. The molecule has 0 spiro atoms. The highest BCUT2D eigenvalue weighted by Gasteiger charge is 2.36. The van der Waals surface area contributed by atoms with E-state index in [1.807, 2.05) is 32.0 Å². The van der Waals surface area contributed by atoms with Crippen molar-refractivity contribution in [3.63, 3.8) is 0 Å². The van der Waals surface area contributed by atoms with Gasteiger partial charge in [0, 0.05) is 12.3 Å². The molecular weight excluding hydrogens is 332 g/mol. The molecule has 1 aliphatic carbocycles. The van der Waals surface area contributed by atoms with E-state index < -0.39 is 0 Å². The van der Waals surface area contributed by atoms with E-state index in [0.29, 0.717) is 6.42 Å². The molecule has 0 amide bonds. The van der Waals surface area contributed by atoms with Crippen molar-refractivity contribution in [1.29, 1.82) is 0 Å². The number of esters is 1. The highest BCUT2D eigenvalue weighted by molar-refractivity contribution is 5.79. The van der Waals surface area contributed by atoms with Gasteiger partial charge in [0.2, 0.25) is 0 Å². The van der Waals surface area contributed by atoms with E-state index in [-0.39, 0.29) is 23.9 Å². The molecule has 0 N–H and O–H groups in total. The van der Waals surface area contributed by atoms with Crippen molar-refractivity contribution in [3.05, 3.63) is 95.6 Å². The van der Waals surface area contributed by atoms with Crippen molar-refractivity contribution >= 4 is 5.97 Å². The van der Waals surface area contributed by atoms with Crippen LogP contribution < -0.4 is 0 Å². The lowest BCUT2D eigenvalue weighted by molar-refractivity contribution is -0.153. The zero-order chi connectivity index (χ0) is 18.8. The van der Waals surface area contributed by atoms with Gasteiger partial charge < -0.3 is 4.74 Å². The first-order valence-corrected chi connectivity index (χ1v) is 9.58. The van der Waals surface area contributed by atoms with Gasteiger partial charge in [0.1, 0.15) is 6.10 Å². The van der Waals surface area contributed by atoms with Crippen LogP contribution in [0.5, 0.6) is 0 Å². The van der Waals surface area contributed by atoms with Crippen LogP contribution in [0, 0.1) is 5.92 Å². The Labute approximate surface area is 160 Å². The third-order valence-electron chi connectivity index (χ3n) is 5.27. The Morgan fingerprint density at radius 2 is 1.33 bits per heavy atom. The van der Waals surface area contributed by atoms with Gasteiger partial charge in [0.05, 0.1) is 5.92 Å². The zero-order valence-corrected chi connectivity index (χ0v) is 15.8. The first-order valence-electron chi connectivity index (χ1n) is 9.58. The molecule has 0 saturated carbocycles. The third kappa shape index (κ3) is 3.40. The monoisotopic (exact) mass is 356 g/mol. The van der Waals surface area contributed by atoms with Crippen LogP contribution in [0.2, 0.25) is 0 Å². The normalized spacial score (nSPS) is 13.9. The minimum absolute atomic E-state index is 0.0558. The van der Waals surface area contributed by atoms with Crippen molar-refractivity contribution < 1.29 is 9.53 Å². The SMILES string of the molecule is CC(C)C(=O)OC(Cc1ccccc1)C1c2ccccc2-c2ccccc21. The second-order valence-corrected chi connectivity index (χ2v) is 7.47. The summed E-state index contributed by atoms with van der Waals surface area (Å²) in [6.45, 7) is 3.77. The number of hydrogen-bond donors (Lipinski definition) is 0. The fraction of sp³-hybridized carbons (Fsp3) is 0.240. The molecule has 2 heteroatoms. The summed E-state index contributed by atoms with van der Waals surface area (Å²) in [5, 5.41) is 0. The molecule has 1 atom stereocenters. The van der Waals surface area contributed by atoms with Gasteiger partial charge in [-0.15, -0.1) is 0 Å². The lowest BCUT2D eigenvalue weighted by atomic mass is 9.87. The summed E-state index contributed by atoms with van der Waals surface area (Å²) < 4.78 is 6.07. The van der Waals surface area contributed by atoms with E-state index >= 15 is 0 Å². The molecule has 0 heterocycles. The Bertz CT molecular complexity index is 898. The number of hydrogen-bond acceptors (Lipinski definition) is 2. The molecule has 27 heavy (non-hydrogen) atoms. The van der Waals surface area contributed by atoms with Gasteiger partial charge >= 0.3 is 5.97 Å². The zero-order valence-electron chi connectivity index (χ0n) is 15.8. The lowest BCUT2D eigenvalue weighted by Crippen LogP contribution is -2.29. The van der Waals surface area contributed by atoms with Crippen molar-refractivity contribution in [1.82, 2.24) is 0 Å².